The lowest BCUT2D eigenvalue weighted by molar-refractivity contribution is 0.297. The topological polar surface area (TPSA) is 26.1 Å². The minimum Gasteiger partial charge on any atom is -0.310 e. The van der Waals surface area contributed by atoms with Crippen LogP contribution in [-0.2, 0) is 0 Å². The van der Waals surface area contributed by atoms with Gasteiger partial charge in [-0.05, 0) is 25.8 Å². The molecule has 1 radical (unpaired) electrons. The van der Waals surface area contributed by atoms with Crippen molar-refractivity contribution in [2.24, 2.45) is 0 Å². The molecule has 0 amide bonds. The summed E-state index contributed by atoms with van der Waals surface area (Å²) in [6, 6.07) is 0. The van der Waals surface area contributed by atoms with Crippen LogP contribution in [0.2, 0.25) is 0 Å². The molecule has 2 aliphatic rings. The van der Waals surface area contributed by atoms with E-state index in [1.54, 1.807) is 0 Å². The van der Waals surface area contributed by atoms with Gasteiger partial charge in [0.1, 0.15) is 0 Å². The largest absolute Gasteiger partial charge is 0.310 e. The number of hydrogen-bond acceptors (Lipinski definition) is 1. The first-order valence-corrected chi connectivity index (χ1v) is 5.30. The van der Waals surface area contributed by atoms with Crippen molar-refractivity contribution in [3.05, 3.63) is 0 Å². The van der Waals surface area contributed by atoms with Gasteiger partial charge >= 0.3 is 0 Å². The minimum absolute atomic E-state index is 0.431. The Bertz CT molecular complexity index is 129. The van der Waals surface area contributed by atoms with Gasteiger partial charge < -0.3 is 5.32 Å². The van der Waals surface area contributed by atoms with Gasteiger partial charge in [0.2, 0.25) is 0 Å². The summed E-state index contributed by atoms with van der Waals surface area (Å²) in [5, 5.41) is 8.17. The molecule has 0 aromatic heterocycles. The molecular weight excluding hydrogens is 148 g/mol. The first-order chi connectivity index (χ1) is 5.91. The van der Waals surface area contributed by atoms with E-state index in [-0.39, 0.29) is 0 Å². The molecule has 1 unspecified atom stereocenters. The van der Waals surface area contributed by atoms with Crippen molar-refractivity contribution in [1.29, 1.82) is 0 Å². The van der Waals surface area contributed by atoms with Gasteiger partial charge in [0, 0.05) is 18.6 Å². The third-order valence-electron chi connectivity index (χ3n) is 3.25. The molecule has 2 saturated heterocycles. The summed E-state index contributed by atoms with van der Waals surface area (Å²) in [7, 11) is 0. The molecule has 0 aromatic carbocycles. The van der Waals surface area contributed by atoms with Crippen LogP contribution >= 0.6 is 0 Å². The molecule has 1 N–H and O–H groups in total. The van der Waals surface area contributed by atoms with Gasteiger partial charge in [-0.1, -0.05) is 19.3 Å². The Kier molecular flexibility index (Phi) is 2.66. The fourth-order valence-corrected chi connectivity index (χ4v) is 2.40. The highest BCUT2D eigenvalue weighted by Crippen LogP contribution is 2.24. The van der Waals surface area contributed by atoms with Crippen LogP contribution in [0.5, 0.6) is 0 Å². The predicted octanol–water partition coefficient (Wildman–Crippen LogP) is 1.29. The van der Waals surface area contributed by atoms with Crippen LogP contribution in [0.1, 0.15) is 38.5 Å². The highest BCUT2D eigenvalue weighted by atomic mass is 15.1. The number of nitrogens with zero attached hydrogens (tertiary/aromatic N) is 1. The number of rotatable bonds is 0. The normalized spacial score (nSPS) is 38.0. The van der Waals surface area contributed by atoms with Gasteiger partial charge in [-0.15, -0.1) is 0 Å². The Morgan fingerprint density at radius 3 is 2.75 bits per heavy atom. The average Bonchev–Trinajstić information content (AvgIpc) is 2.47. The lowest BCUT2D eigenvalue weighted by Crippen LogP contribution is -2.47. The third kappa shape index (κ3) is 1.80. The van der Waals surface area contributed by atoms with Gasteiger partial charge in [0.25, 0.3) is 0 Å². The van der Waals surface area contributed by atoms with Crippen LogP contribution in [0.15, 0.2) is 0 Å². The number of hydrogen-bond donors (Lipinski definition) is 1. The van der Waals surface area contributed by atoms with Gasteiger partial charge in [-0.2, -0.15) is 0 Å². The zero-order valence-electron chi connectivity index (χ0n) is 7.81. The summed E-state index contributed by atoms with van der Waals surface area (Å²) in [6.45, 7) is 3.38. The highest BCUT2D eigenvalue weighted by molar-refractivity contribution is 4.95. The van der Waals surface area contributed by atoms with Crippen molar-refractivity contribution in [2.75, 3.05) is 19.6 Å². The standard InChI is InChI=1S/C10H19N2/c1-2-4-7-12-10(5-3-1)6-8-11-9-10/h12H,1-9H2. The van der Waals surface area contributed by atoms with E-state index >= 15 is 0 Å². The third-order valence-corrected chi connectivity index (χ3v) is 3.25. The van der Waals surface area contributed by atoms with E-state index in [1.165, 1.54) is 45.1 Å². The first kappa shape index (κ1) is 8.52. The molecule has 2 heteroatoms. The Hall–Kier alpha value is -0.0800. The Balaban J connectivity index is 1.92. The van der Waals surface area contributed by atoms with Crippen LogP contribution in [0.3, 0.4) is 0 Å². The molecule has 0 aromatic rings. The summed E-state index contributed by atoms with van der Waals surface area (Å²) in [5.74, 6) is 0. The van der Waals surface area contributed by atoms with Crippen molar-refractivity contribution in [1.82, 2.24) is 10.6 Å². The van der Waals surface area contributed by atoms with Crippen molar-refractivity contribution in [3.63, 3.8) is 0 Å². The van der Waals surface area contributed by atoms with Crippen molar-refractivity contribution in [3.8, 4) is 0 Å². The van der Waals surface area contributed by atoms with Gasteiger partial charge in [-0.25, -0.2) is 5.32 Å². The monoisotopic (exact) mass is 167 g/mol. The molecule has 1 spiro atoms. The summed E-state index contributed by atoms with van der Waals surface area (Å²) in [6.07, 6.45) is 8.26. The fraction of sp³-hybridized carbons (Fsp3) is 1.00. The van der Waals surface area contributed by atoms with E-state index in [9.17, 15) is 0 Å². The van der Waals surface area contributed by atoms with Gasteiger partial charge in [0.05, 0.1) is 0 Å². The molecule has 12 heavy (non-hydrogen) atoms. The minimum atomic E-state index is 0.431. The van der Waals surface area contributed by atoms with Crippen LogP contribution in [0.4, 0.5) is 0 Å². The zero-order chi connectivity index (χ0) is 8.28. The van der Waals surface area contributed by atoms with Crippen LogP contribution in [0.25, 0.3) is 0 Å². The lowest BCUT2D eigenvalue weighted by atomic mass is 9.89. The summed E-state index contributed by atoms with van der Waals surface area (Å²) < 4.78 is 0. The van der Waals surface area contributed by atoms with E-state index in [1.807, 2.05) is 0 Å². The molecule has 2 fully saturated rings. The molecule has 2 nitrogen and oxygen atoms in total. The van der Waals surface area contributed by atoms with Crippen molar-refractivity contribution >= 4 is 0 Å². The molecular formula is C10H19N2. The van der Waals surface area contributed by atoms with E-state index in [0.717, 1.165) is 13.1 Å². The molecule has 2 rings (SSSR count). The van der Waals surface area contributed by atoms with Gasteiger partial charge in [-0.3, -0.25) is 0 Å². The fourth-order valence-electron chi connectivity index (χ4n) is 2.40. The van der Waals surface area contributed by atoms with E-state index in [0.29, 0.717) is 5.54 Å². The van der Waals surface area contributed by atoms with Crippen LogP contribution < -0.4 is 10.6 Å². The maximum atomic E-state index is 4.47. The molecule has 2 aliphatic heterocycles. The molecule has 2 heterocycles. The van der Waals surface area contributed by atoms with E-state index < -0.39 is 0 Å². The lowest BCUT2D eigenvalue weighted by Gasteiger charge is -2.31. The quantitative estimate of drug-likeness (QED) is 0.578. The smallest absolute Gasteiger partial charge is 0.0335 e. The van der Waals surface area contributed by atoms with E-state index in [4.69, 9.17) is 0 Å². The van der Waals surface area contributed by atoms with Crippen LogP contribution in [-0.4, -0.2) is 25.2 Å². The Morgan fingerprint density at radius 1 is 1.00 bits per heavy atom. The summed E-state index contributed by atoms with van der Waals surface area (Å²) in [4.78, 5) is 0. The molecule has 0 bridgehead atoms. The van der Waals surface area contributed by atoms with Gasteiger partial charge in [0.15, 0.2) is 0 Å². The highest BCUT2D eigenvalue weighted by Gasteiger charge is 2.33. The molecule has 0 aliphatic carbocycles. The maximum absolute atomic E-state index is 4.47. The van der Waals surface area contributed by atoms with Crippen LogP contribution in [0, 0.1) is 0 Å². The maximum Gasteiger partial charge on any atom is 0.0335 e. The van der Waals surface area contributed by atoms with E-state index in [2.05, 4.69) is 10.6 Å². The Labute approximate surface area is 75.1 Å². The number of nitrogens with one attached hydrogen (secondary N) is 1. The second kappa shape index (κ2) is 3.75. The van der Waals surface area contributed by atoms with Crippen molar-refractivity contribution in [2.45, 2.75) is 44.1 Å². The summed E-state index contributed by atoms with van der Waals surface area (Å²) >= 11 is 0. The average molecular weight is 167 g/mol. The zero-order valence-corrected chi connectivity index (χ0v) is 7.81. The summed E-state index contributed by atoms with van der Waals surface area (Å²) in [5.41, 5.74) is 0.431. The molecule has 69 valence electrons. The SMILES string of the molecule is C1CCCC2(CC[N]C2)NCC1. The van der Waals surface area contributed by atoms with Crippen molar-refractivity contribution < 1.29 is 0 Å². The molecule has 1 atom stereocenters. The first-order valence-electron chi connectivity index (χ1n) is 5.30. The second-order valence-electron chi connectivity index (χ2n) is 4.23. The predicted molar refractivity (Wildman–Crippen MR) is 50.3 cm³/mol. The second-order valence-corrected chi connectivity index (χ2v) is 4.23. The molecule has 0 saturated carbocycles. The Morgan fingerprint density at radius 2 is 1.92 bits per heavy atom.